The van der Waals surface area contributed by atoms with Crippen LogP contribution >= 0.6 is 11.3 Å². The van der Waals surface area contributed by atoms with Crippen molar-refractivity contribution in [2.24, 2.45) is 17.8 Å². The van der Waals surface area contributed by atoms with E-state index in [4.69, 9.17) is 0 Å². The predicted molar refractivity (Wildman–Crippen MR) is 118 cm³/mol. The lowest BCUT2D eigenvalue weighted by molar-refractivity contribution is -0.129. The number of aryl methyl sites for hydroxylation is 1. The first kappa shape index (κ1) is 24.7. The summed E-state index contributed by atoms with van der Waals surface area (Å²) in [7, 11) is 0. The lowest BCUT2D eigenvalue weighted by atomic mass is 9.84. The maximum Gasteiger partial charge on any atom is 0.140 e. The molecule has 0 aliphatic heterocycles. The quantitative estimate of drug-likeness (QED) is 0.369. The third kappa shape index (κ3) is 8.38. The number of Topliss-reactive ketones (excluding diaryl/α,β-unsaturated/α-hetero) is 1. The van der Waals surface area contributed by atoms with Crippen LogP contribution in [0.3, 0.4) is 0 Å². The molecule has 0 bridgehead atoms. The Hall–Kier alpha value is -1.30. The van der Waals surface area contributed by atoms with Crippen molar-refractivity contribution < 1.29 is 15.0 Å². The summed E-state index contributed by atoms with van der Waals surface area (Å²) in [5.41, 5.74) is 1.82. The molecular weight excluding hydrogens is 370 g/mol. The van der Waals surface area contributed by atoms with E-state index in [9.17, 15) is 15.0 Å². The molecule has 0 fully saturated rings. The van der Waals surface area contributed by atoms with Gasteiger partial charge < -0.3 is 10.2 Å². The fraction of sp³-hybridized carbons (Fsp3) is 0.652. The van der Waals surface area contributed by atoms with Gasteiger partial charge in [-0.05, 0) is 57.1 Å². The van der Waals surface area contributed by atoms with Crippen molar-refractivity contribution in [3.8, 4) is 0 Å². The first-order valence-electron chi connectivity index (χ1n) is 10.3. The average molecular weight is 408 g/mol. The van der Waals surface area contributed by atoms with Crippen LogP contribution in [-0.4, -0.2) is 33.2 Å². The maximum absolute atomic E-state index is 12.0. The Morgan fingerprint density at radius 3 is 2.46 bits per heavy atom. The molecule has 0 amide bonds. The number of ketones is 1. The highest BCUT2D eigenvalue weighted by molar-refractivity contribution is 7.09. The van der Waals surface area contributed by atoms with Crippen molar-refractivity contribution in [3.05, 3.63) is 33.8 Å². The molecule has 1 aromatic rings. The Bertz CT molecular complexity index is 663. The standard InChI is InChI=1S/C23H37NO3S/c1-15(2)22(26)18(5)23(27)16(3)11-9-7-8-10-12-21(25)17(4)13-20-14-28-19(6)24-20/h8,10,13-16,18,21,23,25,27H,7,9,11-12H2,1-6H3/t16-,18-,21?,23-/m0/s1. The summed E-state index contributed by atoms with van der Waals surface area (Å²) in [5.74, 6) is -0.117. The molecule has 0 saturated carbocycles. The minimum absolute atomic E-state index is 0.0387. The van der Waals surface area contributed by atoms with Gasteiger partial charge in [-0.15, -0.1) is 11.3 Å². The number of unbranched alkanes of at least 4 members (excludes halogenated alkanes) is 1. The number of aromatic nitrogens is 1. The van der Waals surface area contributed by atoms with E-state index < -0.39 is 12.2 Å². The van der Waals surface area contributed by atoms with Crippen molar-refractivity contribution >= 4 is 23.2 Å². The molecule has 0 saturated heterocycles. The second-order valence-corrected chi connectivity index (χ2v) is 9.21. The number of carbonyl (C=O) groups is 1. The number of aliphatic hydroxyl groups excluding tert-OH is 2. The summed E-state index contributed by atoms with van der Waals surface area (Å²) in [4.78, 5) is 16.4. The van der Waals surface area contributed by atoms with Crippen LogP contribution in [0.15, 0.2) is 23.1 Å². The Morgan fingerprint density at radius 2 is 1.89 bits per heavy atom. The lowest BCUT2D eigenvalue weighted by Crippen LogP contribution is -2.33. The predicted octanol–water partition coefficient (Wildman–Crippen LogP) is 5.19. The van der Waals surface area contributed by atoms with Gasteiger partial charge in [0, 0.05) is 17.2 Å². The van der Waals surface area contributed by atoms with Gasteiger partial charge in [0.25, 0.3) is 0 Å². The van der Waals surface area contributed by atoms with Crippen LogP contribution in [0.25, 0.3) is 6.08 Å². The van der Waals surface area contributed by atoms with Crippen molar-refractivity contribution in [2.75, 3.05) is 0 Å². The van der Waals surface area contributed by atoms with Gasteiger partial charge in [0.05, 0.1) is 22.9 Å². The van der Waals surface area contributed by atoms with Crippen LogP contribution in [0.5, 0.6) is 0 Å². The molecule has 5 heteroatoms. The molecule has 28 heavy (non-hydrogen) atoms. The van der Waals surface area contributed by atoms with Crippen LogP contribution in [0.2, 0.25) is 0 Å². The van der Waals surface area contributed by atoms with Crippen molar-refractivity contribution in [1.82, 2.24) is 4.98 Å². The number of rotatable bonds is 12. The zero-order valence-electron chi connectivity index (χ0n) is 18.2. The molecule has 0 spiro atoms. The monoisotopic (exact) mass is 407 g/mol. The molecule has 0 aliphatic carbocycles. The Morgan fingerprint density at radius 1 is 1.21 bits per heavy atom. The summed E-state index contributed by atoms with van der Waals surface area (Å²) in [6, 6.07) is 0. The fourth-order valence-corrected chi connectivity index (χ4v) is 3.79. The molecule has 1 rings (SSSR count). The first-order valence-corrected chi connectivity index (χ1v) is 11.2. The smallest absolute Gasteiger partial charge is 0.140 e. The third-order valence-corrected chi connectivity index (χ3v) is 6.00. The fourth-order valence-electron chi connectivity index (χ4n) is 3.22. The van der Waals surface area contributed by atoms with Crippen LogP contribution in [0.4, 0.5) is 0 Å². The van der Waals surface area contributed by atoms with E-state index in [0.29, 0.717) is 6.42 Å². The van der Waals surface area contributed by atoms with Crippen molar-refractivity contribution in [1.29, 1.82) is 0 Å². The topological polar surface area (TPSA) is 70.4 Å². The number of allylic oxidation sites excluding steroid dienone is 1. The zero-order chi connectivity index (χ0) is 21.3. The average Bonchev–Trinajstić information content (AvgIpc) is 3.06. The number of hydrogen-bond donors (Lipinski definition) is 2. The van der Waals surface area contributed by atoms with Gasteiger partial charge in [-0.25, -0.2) is 4.98 Å². The van der Waals surface area contributed by atoms with E-state index in [0.717, 1.165) is 35.5 Å². The largest absolute Gasteiger partial charge is 0.392 e. The summed E-state index contributed by atoms with van der Waals surface area (Å²) >= 11 is 1.61. The van der Waals surface area contributed by atoms with Gasteiger partial charge >= 0.3 is 0 Å². The van der Waals surface area contributed by atoms with Crippen LogP contribution < -0.4 is 0 Å². The number of nitrogens with zero attached hydrogens (tertiary/aromatic N) is 1. The zero-order valence-corrected chi connectivity index (χ0v) is 19.0. The second kappa shape index (κ2) is 12.3. The lowest BCUT2D eigenvalue weighted by Gasteiger charge is -2.25. The molecule has 0 radical (unpaired) electrons. The highest BCUT2D eigenvalue weighted by atomic mass is 32.1. The number of aliphatic hydroxyl groups is 2. The normalized spacial score (nSPS) is 17.1. The van der Waals surface area contributed by atoms with Crippen LogP contribution in [0, 0.1) is 24.7 Å². The molecular formula is C23H37NO3S. The van der Waals surface area contributed by atoms with Gasteiger partial charge in [0.15, 0.2) is 0 Å². The number of carbonyl (C=O) groups excluding carboxylic acids is 1. The second-order valence-electron chi connectivity index (χ2n) is 8.15. The SMILES string of the molecule is CC(=Cc1csc(C)n1)C(O)CC=CCCC[C@H](C)[C@H](O)[C@@H](C)C(=O)C(C)C. The van der Waals surface area contributed by atoms with E-state index in [1.165, 1.54) is 0 Å². The minimum Gasteiger partial charge on any atom is -0.392 e. The van der Waals surface area contributed by atoms with Gasteiger partial charge in [0.1, 0.15) is 5.78 Å². The molecule has 2 N–H and O–H groups in total. The Kier molecular flexibility index (Phi) is 10.9. The van der Waals surface area contributed by atoms with E-state index in [2.05, 4.69) is 11.1 Å². The minimum atomic E-state index is -0.581. The number of thiazole rings is 1. The molecule has 158 valence electrons. The van der Waals surface area contributed by atoms with Gasteiger partial charge in [-0.3, -0.25) is 4.79 Å². The van der Waals surface area contributed by atoms with E-state index >= 15 is 0 Å². The Balaban J connectivity index is 2.32. The van der Waals surface area contributed by atoms with Crippen molar-refractivity contribution in [3.63, 3.8) is 0 Å². The maximum atomic E-state index is 12.0. The van der Waals surface area contributed by atoms with Gasteiger partial charge in [0.2, 0.25) is 0 Å². The van der Waals surface area contributed by atoms with Crippen LogP contribution in [0.1, 0.15) is 71.0 Å². The van der Waals surface area contributed by atoms with E-state index in [1.807, 2.05) is 59.1 Å². The molecule has 4 atom stereocenters. The number of hydrogen-bond acceptors (Lipinski definition) is 5. The van der Waals surface area contributed by atoms with Gasteiger partial charge in [-0.2, -0.15) is 0 Å². The molecule has 0 aliphatic rings. The molecule has 0 aromatic carbocycles. The molecule has 1 aromatic heterocycles. The summed E-state index contributed by atoms with van der Waals surface area (Å²) in [6.45, 7) is 11.5. The van der Waals surface area contributed by atoms with E-state index in [-0.39, 0.29) is 23.5 Å². The summed E-state index contributed by atoms with van der Waals surface area (Å²) in [5, 5.41) is 23.7. The summed E-state index contributed by atoms with van der Waals surface area (Å²) < 4.78 is 0. The van der Waals surface area contributed by atoms with E-state index in [1.54, 1.807) is 11.3 Å². The highest BCUT2D eigenvalue weighted by Gasteiger charge is 2.27. The molecule has 1 unspecified atom stereocenters. The van der Waals surface area contributed by atoms with Crippen LogP contribution in [-0.2, 0) is 4.79 Å². The first-order chi connectivity index (χ1) is 13.1. The van der Waals surface area contributed by atoms with Crippen molar-refractivity contribution in [2.45, 2.75) is 79.4 Å². The Labute approximate surface area is 174 Å². The molecule has 1 heterocycles. The summed E-state index contributed by atoms with van der Waals surface area (Å²) in [6.07, 6.45) is 8.29. The van der Waals surface area contributed by atoms with Gasteiger partial charge in [-0.1, -0.05) is 39.8 Å². The third-order valence-electron chi connectivity index (χ3n) is 5.21. The highest BCUT2D eigenvalue weighted by Crippen LogP contribution is 2.22. The molecule has 4 nitrogen and oxygen atoms in total.